The average Bonchev–Trinajstić information content (AvgIpc) is 3.45. The molecule has 0 spiro atoms. The first-order chi connectivity index (χ1) is 13.2. The number of hydrogen-bond donors (Lipinski definition) is 0. The van der Waals surface area contributed by atoms with E-state index in [1.807, 2.05) is 53.9 Å². The second-order valence-corrected chi connectivity index (χ2v) is 7.67. The molecule has 0 saturated heterocycles. The minimum Gasteiger partial charge on any atom is -0.497 e. The van der Waals surface area contributed by atoms with Crippen LogP contribution in [0.4, 0.5) is 5.13 Å². The molecule has 4 aromatic rings. The number of nitrogens with zero attached hydrogens (tertiary/aromatic N) is 2. The van der Waals surface area contributed by atoms with Crippen molar-refractivity contribution in [3.8, 4) is 5.75 Å². The Morgan fingerprint density at radius 2 is 2.22 bits per heavy atom. The zero-order chi connectivity index (χ0) is 18.6. The molecule has 1 amide bonds. The highest BCUT2D eigenvalue weighted by atomic mass is 32.1. The van der Waals surface area contributed by atoms with Crippen LogP contribution in [0, 0.1) is 0 Å². The van der Waals surface area contributed by atoms with E-state index >= 15 is 0 Å². The molecule has 3 aromatic heterocycles. The number of thiazole rings is 1. The van der Waals surface area contributed by atoms with Gasteiger partial charge >= 0.3 is 0 Å². The topological polar surface area (TPSA) is 55.6 Å². The number of carbonyl (C=O) groups excluding carboxylic acids is 1. The zero-order valence-corrected chi connectivity index (χ0v) is 16.1. The van der Waals surface area contributed by atoms with Gasteiger partial charge in [0.05, 0.1) is 30.1 Å². The maximum atomic E-state index is 12.9. The van der Waals surface area contributed by atoms with Gasteiger partial charge in [-0.05, 0) is 41.8 Å². The van der Waals surface area contributed by atoms with Crippen LogP contribution in [0.2, 0.25) is 0 Å². The van der Waals surface area contributed by atoms with Crippen molar-refractivity contribution < 1.29 is 13.9 Å². The number of rotatable bonds is 6. The van der Waals surface area contributed by atoms with Gasteiger partial charge in [0.2, 0.25) is 0 Å². The lowest BCUT2D eigenvalue weighted by Gasteiger charge is -2.16. The monoisotopic (exact) mass is 396 g/mol. The normalized spacial score (nSPS) is 11.3. The first kappa shape index (κ1) is 17.5. The molecule has 0 unspecified atom stereocenters. The molecular weight excluding hydrogens is 380 g/mol. The largest absolute Gasteiger partial charge is 0.497 e. The molecule has 0 aliphatic heterocycles. The standard InChI is InChI=1S/C20H16N2O3S2/c1-24-14-6-8-18-17(12-14)21-20(27-18)22(13-15-4-2-10-25-15)19(23)9-7-16-5-3-11-26-16/h2-12H,13H2,1H3/b9-7+. The SMILES string of the molecule is COc1ccc2sc(N(Cc3ccco3)C(=O)/C=C/c3cccs3)nc2c1. The molecule has 0 N–H and O–H groups in total. The highest BCUT2D eigenvalue weighted by molar-refractivity contribution is 7.22. The minimum absolute atomic E-state index is 0.147. The summed E-state index contributed by atoms with van der Waals surface area (Å²) in [4.78, 5) is 20.2. The van der Waals surface area contributed by atoms with E-state index in [0.717, 1.165) is 20.8 Å². The lowest BCUT2D eigenvalue weighted by atomic mass is 10.3. The van der Waals surface area contributed by atoms with E-state index in [0.29, 0.717) is 17.4 Å². The third-order valence-corrected chi connectivity index (χ3v) is 5.80. The number of methoxy groups -OCH3 is 1. The van der Waals surface area contributed by atoms with Crippen molar-refractivity contribution >= 4 is 50.0 Å². The Balaban J connectivity index is 1.67. The molecule has 0 bridgehead atoms. The second kappa shape index (κ2) is 7.77. The van der Waals surface area contributed by atoms with E-state index in [9.17, 15) is 4.79 Å². The molecule has 7 heteroatoms. The lowest BCUT2D eigenvalue weighted by molar-refractivity contribution is -0.114. The van der Waals surface area contributed by atoms with Crippen LogP contribution in [0.15, 0.2) is 64.6 Å². The molecule has 4 rings (SSSR count). The van der Waals surface area contributed by atoms with Gasteiger partial charge < -0.3 is 9.15 Å². The number of carbonyl (C=O) groups is 1. The quantitative estimate of drug-likeness (QED) is 0.420. The molecule has 3 heterocycles. The first-order valence-electron chi connectivity index (χ1n) is 8.23. The summed E-state index contributed by atoms with van der Waals surface area (Å²) in [5.41, 5.74) is 0.800. The number of anilines is 1. The molecule has 0 atom stereocenters. The Morgan fingerprint density at radius 3 is 2.96 bits per heavy atom. The molecule has 0 aliphatic rings. The van der Waals surface area contributed by atoms with Crippen molar-refractivity contribution in [3.05, 3.63) is 70.8 Å². The van der Waals surface area contributed by atoms with E-state index in [1.165, 1.54) is 11.3 Å². The van der Waals surface area contributed by atoms with Crippen LogP contribution in [0.5, 0.6) is 5.75 Å². The number of furan rings is 1. The van der Waals surface area contributed by atoms with Crippen LogP contribution in [0.3, 0.4) is 0 Å². The van der Waals surface area contributed by atoms with Gasteiger partial charge in [0.25, 0.3) is 5.91 Å². The number of fused-ring (bicyclic) bond motifs is 1. The highest BCUT2D eigenvalue weighted by Crippen LogP contribution is 2.32. The van der Waals surface area contributed by atoms with Gasteiger partial charge in [-0.2, -0.15) is 0 Å². The molecule has 0 radical (unpaired) electrons. The maximum Gasteiger partial charge on any atom is 0.253 e. The number of benzene rings is 1. The average molecular weight is 396 g/mol. The summed E-state index contributed by atoms with van der Waals surface area (Å²) in [6.45, 7) is 0.317. The van der Waals surface area contributed by atoms with Crippen molar-refractivity contribution in [3.63, 3.8) is 0 Å². The summed E-state index contributed by atoms with van der Waals surface area (Å²) >= 11 is 3.05. The van der Waals surface area contributed by atoms with Gasteiger partial charge in [0.15, 0.2) is 5.13 Å². The molecular formula is C20H16N2O3S2. The highest BCUT2D eigenvalue weighted by Gasteiger charge is 2.19. The summed E-state index contributed by atoms with van der Waals surface area (Å²) in [5, 5.41) is 2.60. The van der Waals surface area contributed by atoms with E-state index in [2.05, 4.69) is 4.98 Å². The number of ether oxygens (including phenoxy) is 1. The lowest BCUT2D eigenvalue weighted by Crippen LogP contribution is -2.28. The van der Waals surface area contributed by atoms with Gasteiger partial charge in [-0.15, -0.1) is 11.3 Å². The van der Waals surface area contributed by atoms with Gasteiger partial charge in [0.1, 0.15) is 11.5 Å². The molecule has 0 aliphatic carbocycles. The predicted octanol–water partition coefficient (Wildman–Crippen LogP) is 5.21. The van der Waals surface area contributed by atoms with E-state index in [-0.39, 0.29) is 5.91 Å². The fraction of sp³-hybridized carbons (Fsp3) is 0.100. The van der Waals surface area contributed by atoms with Gasteiger partial charge in [-0.3, -0.25) is 9.69 Å². The Labute approximate surface area is 164 Å². The summed E-state index contributed by atoms with van der Waals surface area (Å²) < 4.78 is 11.7. The summed E-state index contributed by atoms with van der Waals surface area (Å²) in [6.07, 6.45) is 4.99. The Morgan fingerprint density at radius 1 is 1.30 bits per heavy atom. The minimum atomic E-state index is -0.147. The van der Waals surface area contributed by atoms with E-state index in [1.54, 1.807) is 35.7 Å². The third kappa shape index (κ3) is 3.94. The van der Waals surface area contributed by atoms with Gasteiger partial charge in [0, 0.05) is 17.0 Å². The Hall–Kier alpha value is -2.90. The summed E-state index contributed by atoms with van der Waals surface area (Å²) in [5.74, 6) is 1.29. The molecule has 0 saturated carbocycles. The fourth-order valence-corrected chi connectivity index (χ4v) is 4.13. The van der Waals surface area contributed by atoms with Crippen LogP contribution in [-0.4, -0.2) is 18.0 Å². The van der Waals surface area contributed by atoms with Crippen molar-refractivity contribution in [2.24, 2.45) is 0 Å². The second-order valence-electron chi connectivity index (χ2n) is 5.68. The third-order valence-electron chi connectivity index (χ3n) is 3.91. The van der Waals surface area contributed by atoms with Crippen LogP contribution >= 0.6 is 22.7 Å². The van der Waals surface area contributed by atoms with E-state index < -0.39 is 0 Å². The van der Waals surface area contributed by atoms with E-state index in [4.69, 9.17) is 9.15 Å². The number of aromatic nitrogens is 1. The fourth-order valence-electron chi connectivity index (χ4n) is 2.57. The molecule has 27 heavy (non-hydrogen) atoms. The molecule has 0 fully saturated rings. The van der Waals surface area contributed by atoms with Crippen LogP contribution in [0.25, 0.3) is 16.3 Å². The summed E-state index contributed by atoms with van der Waals surface area (Å²) in [6, 6.07) is 13.3. The summed E-state index contributed by atoms with van der Waals surface area (Å²) in [7, 11) is 1.62. The van der Waals surface area contributed by atoms with Crippen molar-refractivity contribution in [1.82, 2.24) is 4.98 Å². The molecule has 5 nitrogen and oxygen atoms in total. The molecule has 136 valence electrons. The van der Waals surface area contributed by atoms with Crippen LogP contribution in [-0.2, 0) is 11.3 Å². The Bertz CT molecular complexity index is 1070. The predicted molar refractivity (Wildman–Crippen MR) is 109 cm³/mol. The van der Waals surface area contributed by atoms with Crippen LogP contribution < -0.4 is 9.64 Å². The number of hydrogen-bond acceptors (Lipinski definition) is 6. The molecule has 1 aromatic carbocycles. The van der Waals surface area contributed by atoms with Crippen molar-refractivity contribution in [1.29, 1.82) is 0 Å². The zero-order valence-electron chi connectivity index (χ0n) is 14.5. The van der Waals surface area contributed by atoms with Gasteiger partial charge in [-0.25, -0.2) is 4.98 Å². The van der Waals surface area contributed by atoms with Gasteiger partial charge in [-0.1, -0.05) is 17.4 Å². The smallest absolute Gasteiger partial charge is 0.253 e. The van der Waals surface area contributed by atoms with Crippen molar-refractivity contribution in [2.45, 2.75) is 6.54 Å². The maximum absolute atomic E-state index is 12.9. The number of thiophene rings is 1. The Kier molecular flexibility index (Phi) is 5.04. The number of amides is 1. The van der Waals surface area contributed by atoms with Crippen molar-refractivity contribution in [2.75, 3.05) is 12.0 Å². The first-order valence-corrected chi connectivity index (χ1v) is 9.92. The van der Waals surface area contributed by atoms with Crippen LogP contribution in [0.1, 0.15) is 10.6 Å².